The van der Waals surface area contributed by atoms with Gasteiger partial charge in [-0.15, -0.1) is 0 Å². The largest absolute Gasteiger partial charge is 0.440 e. The third kappa shape index (κ3) is 2.61. The van der Waals surface area contributed by atoms with E-state index < -0.39 is 22.1 Å². The van der Waals surface area contributed by atoms with Gasteiger partial charge in [-0.1, -0.05) is 48.5 Å². The van der Waals surface area contributed by atoms with Crippen molar-refractivity contribution < 1.29 is 9.66 Å². The number of nitrogens with zero attached hydrogens (tertiary/aromatic N) is 3. The van der Waals surface area contributed by atoms with Crippen LogP contribution in [0.15, 0.2) is 70.3 Å². The molecule has 1 unspecified atom stereocenters. The summed E-state index contributed by atoms with van der Waals surface area (Å²) in [4.78, 5) is 37.2. The van der Waals surface area contributed by atoms with Gasteiger partial charge in [0.2, 0.25) is 5.88 Å². The second-order valence-electron chi connectivity index (χ2n) is 7.47. The fraction of sp³-hybridized carbons (Fsp3) is 0.130. The zero-order chi connectivity index (χ0) is 21.9. The van der Waals surface area contributed by atoms with E-state index in [0.717, 1.165) is 15.3 Å². The number of para-hydroxylation sites is 1. The Kier molecular flexibility index (Phi) is 4.04. The normalized spacial score (nSPS) is 14.6. The van der Waals surface area contributed by atoms with E-state index in [0.29, 0.717) is 16.9 Å². The molecule has 0 N–H and O–H groups in total. The van der Waals surface area contributed by atoms with E-state index in [1.165, 1.54) is 24.7 Å². The lowest BCUT2D eigenvalue weighted by Crippen LogP contribution is -2.41. The van der Waals surface area contributed by atoms with Crippen LogP contribution in [0.2, 0.25) is 0 Å². The van der Waals surface area contributed by atoms with Crippen LogP contribution in [0.25, 0.3) is 10.8 Å². The molecule has 4 aromatic rings. The predicted octanol–water partition coefficient (Wildman–Crippen LogP) is 3.43. The molecule has 3 aromatic carbocycles. The van der Waals surface area contributed by atoms with Crippen molar-refractivity contribution in [1.82, 2.24) is 9.13 Å². The molecule has 0 saturated carbocycles. The summed E-state index contributed by atoms with van der Waals surface area (Å²) >= 11 is 0. The highest BCUT2D eigenvalue weighted by atomic mass is 16.6. The maximum Gasteiger partial charge on any atom is 0.333 e. The minimum absolute atomic E-state index is 0.0963. The summed E-state index contributed by atoms with van der Waals surface area (Å²) in [5.41, 5.74) is 0.0491. The van der Waals surface area contributed by atoms with Gasteiger partial charge in [0.15, 0.2) is 0 Å². The highest BCUT2D eigenvalue weighted by molar-refractivity contribution is 5.90. The zero-order valence-corrected chi connectivity index (χ0v) is 16.7. The van der Waals surface area contributed by atoms with Crippen molar-refractivity contribution in [2.75, 3.05) is 0 Å². The summed E-state index contributed by atoms with van der Waals surface area (Å²) < 4.78 is 8.33. The lowest BCUT2D eigenvalue weighted by atomic mass is 9.81. The molecule has 0 radical (unpaired) electrons. The summed E-state index contributed by atoms with van der Waals surface area (Å²) in [5, 5.41) is 13.6. The molecule has 0 aliphatic carbocycles. The number of nitro benzene ring substituents is 1. The molecule has 1 aliphatic heterocycles. The number of rotatable bonds is 2. The molecule has 1 atom stereocenters. The van der Waals surface area contributed by atoms with Gasteiger partial charge in [-0.2, -0.15) is 0 Å². The fourth-order valence-electron chi connectivity index (χ4n) is 4.34. The molecular formula is C23H17N3O5. The van der Waals surface area contributed by atoms with Gasteiger partial charge in [-0.25, -0.2) is 4.79 Å². The van der Waals surface area contributed by atoms with E-state index >= 15 is 0 Å². The van der Waals surface area contributed by atoms with Gasteiger partial charge < -0.3 is 4.74 Å². The Hall–Kier alpha value is -4.20. The number of nitro groups is 1. The van der Waals surface area contributed by atoms with Crippen LogP contribution >= 0.6 is 0 Å². The van der Waals surface area contributed by atoms with Crippen molar-refractivity contribution >= 4 is 16.5 Å². The van der Waals surface area contributed by atoms with Crippen molar-refractivity contribution in [3.63, 3.8) is 0 Å². The number of hydrogen-bond donors (Lipinski definition) is 0. The van der Waals surface area contributed by atoms with E-state index in [2.05, 4.69) is 0 Å². The van der Waals surface area contributed by atoms with E-state index in [4.69, 9.17) is 4.74 Å². The van der Waals surface area contributed by atoms with Crippen molar-refractivity contribution in [1.29, 1.82) is 0 Å². The molecule has 0 saturated heterocycles. The molecule has 2 heterocycles. The standard InChI is InChI=1S/C23H17N3O5/c1-24-21(27)20-19(15-9-5-6-10-16(15)26(29)30)18-14-8-4-3-7-13(14)11-12-17(18)31-22(20)25(2)23(24)28/h3-12,19H,1-2H3. The van der Waals surface area contributed by atoms with Crippen LogP contribution < -0.4 is 16.0 Å². The van der Waals surface area contributed by atoms with Crippen LogP contribution in [0.1, 0.15) is 22.6 Å². The molecule has 0 amide bonds. The lowest BCUT2D eigenvalue weighted by Gasteiger charge is -2.30. The van der Waals surface area contributed by atoms with Crippen molar-refractivity contribution in [2.24, 2.45) is 14.1 Å². The monoisotopic (exact) mass is 415 g/mol. The predicted molar refractivity (Wildman–Crippen MR) is 115 cm³/mol. The van der Waals surface area contributed by atoms with Gasteiger partial charge in [-0.3, -0.25) is 24.0 Å². The number of fused-ring (bicyclic) bond motifs is 4. The summed E-state index contributed by atoms with van der Waals surface area (Å²) in [5.74, 6) is -0.228. The lowest BCUT2D eigenvalue weighted by molar-refractivity contribution is -0.385. The summed E-state index contributed by atoms with van der Waals surface area (Å²) in [7, 11) is 2.91. The second-order valence-corrected chi connectivity index (χ2v) is 7.47. The minimum Gasteiger partial charge on any atom is -0.440 e. The van der Waals surface area contributed by atoms with Gasteiger partial charge in [0, 0.05) is 31.3 Å². The molecule has 154 valence electrons. The van der Waals surface area contributed by atoms with Crippen LogP contribution in [0.5, 0.6) is 11.6 Å². The molecule has 8 heteroatoms. The Balaban J connectivity index is 1.99. The maximum atomic E-state index is 13.3. The van der Waals surface area contributed by atoms with Crippen LogP contribution in [0.3, 0.4) is 0 Å². The number of ether oxygens (including phenoxy) is 1. The molecule has 8 nitrogen and oxygen atoms in total. The number of hydrogen-bond acceptors (Lipinski definition) is 5. The second kappa shape index (κ2) is 6.66. The van der Waals surface area contributed by atoms with E-state index in [1.807, 2.05) is 30.3 Å². The van der Waals surface area contributed by atoms with Crippen LogP contribution in [-0.4, -0.2) is 14.1 Å². The Bertz CT molecular complexity index is 1520. The maximum absolute atomic E-state index is 13.3. The topological polar surface area (TPSA) is 96.4 Å². The highest BCUT2D eigenvalue weighted by Crippen LogP contribution is 2.49. The quantitative estimate of drug-likeness (QED) is 0.325. The van der Waals surface area contributed by atoms with Crippen LogP contribution in [0, 0.1) is 10.1 Å². The SMILES string of the molecule is Cn1c2c(c(=O)n(C)c1=O)C(c1ccccc1[N+](=O)[O-])c1c(ccc3ccccc13)O2. The van der Waals surface area contributed by atoms with E-state index in [9.17, 15) is 19.7 Å². The van der Waals surface area contributed by atoms with E-state index in [1.54, 1.807) is 24.3 Å². The first-order valence-corrected chi connectivity index (χ1v) is 9.63. The summed E-state index contributed by atoms with van der Waals surface area (Å²) in [6.07, 6.45) is 0. The molecule has 1 aliphatic rings. The number of benzene rings is 3. The first-order valence-electron chi connectivity index (χ1n) is 9.63. The first-order chi connectivity index (χ1) is 14.9. The van der Waals surface area contributed by atoms with Crippen molar-refractivity contribution in [3.8, 4) is 11.6 Å². The van der Waals surface area contributed by atoms with E-state index in [-0.39, 0.29) is 17.1 Å². The highest BCUT2D eigenvalue weighted by Gasteiger charge is 2.38. The van der Waals surface area contributed by atoms with Crippen LogP contribution in [0.4, 0.5) is 5.69 Å². The van der Waals surface area contributed by atoms with Gasteiger partial charge >= 0.3 is 5.69 Å². The third-order valence-electron chi connectivity index (χ3n) is 5.80. The Labute approximate surface area is 175 Å². The van der Waals surface area contributed by atoms with Crippen molar-refractivity contribution in [3.05, 3.63) is 108 Å². The molecule has 0 fully saturated rings. The zero-order valence-electron chi connectivity index (χ0n) is 16.7. The van der Waals surface area contributed by atoms with Gasteiger partial charge in [0.25, 0.3) is 11.2 Å². The molecular weight excluding hydrogens is 398 g/mol. The van der Waals surface area contributed by atoms with Crippen LogP contribution in [-0.2, 0) is 14.1 Å². The summed E-state index contributed by atoms with van der Waals surface area (Å²) in [6.45, 7) is 0. The number of aromatic nitrogens is 2. The Morgan fingerprint density at radius 1 is 0.903 bits per heavy atom. The molecule has 0 spiro atoms. The molecule has 1 aromatic heterocycles. The average Bonchev–Trinajstić information content (AvgIpc) is 2.79. The minimum atomic E-state index is -0.781. The Morgan fingerprint density at radius 3 is 2.39 bits per heavy atom. The Morgan fingerprint density at radius 2 is 1.61 bits per heavy atom. The third-order valence-corrected chi connectivity index (χ3v) is 5.80. The molecule has 0 bridgehead atoms. The van der Waals surface area contributed by atoms with Gasteiger partial charge in [-0.05, 0) is 16.8 Å². The van der Waals surface area contributed by atoms with Gasteiger partial charge in [0.1, 0.15) is 5.75 Å². The average molecular weight is 415 g/mol. The van der Waals surface area contributed by atoms with Gasteiger partial charge in [0.05, 0.1) is 16.4 Å². The molecule has 31 heavy (non-hydrogen) atoms. The smallest absolute Gasteiger partial charge is 0.333 e. The van der Waals surface area contributed by atoms with Crippen molar-refractivity contribution in [2.45, 2.75) is 5.92 Å². The fourth-order valence-corrected chi connectivity index (χ4v) is 4.34. The summed E-state index contributed by atoms with van der Waals surface area (Å²) in [6, 6.07) is 17.6. The molecule has 5 rings (SSSR count). The first kappa shape index (κ1) is 18.8.